The van der Waals surface area contributed by atoms with Gasteiger partial charge in [-0.15, -0.1) is 0 Å². The molecule has 0 aliphatic heterocycles. The van der Waals surface area contributed by atoms with E-state index < -0.39 is 0 Å². The monoisotopic (exact) mass is 198 g/mol. The molecule has 68 valence electrons. The van der Waals surface area contributed by atoms with Gasteiger partial charge < -0.3 is 15.0 Å². The number of rotatable bonds is 2. The summed E-state index contributed by atoms with van der Waals surface area (Å²) in [7, 11) is 1.55. The van der Waals surface area contributed by atoms with Crippen LogP contribution in [-0.4, -0.2) is 21.6 Å². The Kier molecular flexibility index (Phi) is 1.85. The maximum absolute atomic E-state index is 5.27. The Morgan fingerprint density at radius 3 is 3.00 bits per heavy atom. The van der Waals surface area contributed by atoms with Crippen molar-refractivity contribution in [3.05, 3.63) is 6.07 Å². The number of nitrogens with two attached hydrogens (primary N) is 1. The second-order valence-corrected chi connectivity index (χ2v) is 2.99. The first kappa shape index (κ1) is 7.99. The van der Waals surface area contributed by atoms with Crippen molar-refractivity contribution in [2.75, 3.05) is 12.8 Å². The fourth-order valence-corrected chi connectivity index (χ4v) is 1.43. The highest BCUT2D eigenvalue weighted by Gasteiger charge is 2.10. The molecule has 0 spiro atoms. The van der Waals surface area contributed by atoms with Crippen LogP contribution in [-0.2, 0) is 0 Å². The first-order valence-electron chi connectivity index (χ1n) is 3.40. The molecule has 2 aromatic rings. The maximum Gasteiger partial charge on any atom is 0.319 e. The van der Waals surface area contributed by atoms with Crippen LogP contribution >= 0.6 is 11.5 Å². The van der Waals surface area contributed by atoms with Gasteiger partial charge in [0.05, 0.1) is 12.0 Å². The molecule has 2 rings (SSSR count). The molecule has 0 saturated carbocycles. The van der Waals surface area contributed by atoms with Gasteiger partial charge in [-0.1, -0.05) is 5.16 Å². The van der Waals surface area contributed by atoms with E-state index in [1.807, 2.05) is 0 Å². The predicted octanol–water partition coefficient (Wildman–Crippen LogP) is 0.784. The third-order valence-electron chi connectivity index (χ3n) is 1.36. The van der Waals surface area contributed by atoms with E-state index in [1.165, 1.54) is 11.5 Å². The summed E-state index contributed by atoms with van der Waals surface area (Å²) < 4.78 is 13.5. The molecule has 0 aliphatic carbocycles. The lowest BCUT2D eigenvalue weighted by Gasteiger charge is -1.86. The summed E-state index contributed by atoms with van der Waals surface area (Å²) >= 11 is 1.22. The number of hydrogen-bond acceptors (Lipinski definition) is 7. The van der Waals surface area contributed by atoms with Crippen molar-refractivity contribution in [3.8, 4) is 16.6 Å². The fourth-order valence-electron chi connectivity index (χ4n) is 0.796. The molecule has 0 aromatic carbocycles. The van der Waals surface area contributed by atoms with Crippen molar-refractivity contribution in [2.45, 2.75) is 0 Å². The van der Waals surface area contributed by atoms with Crippen LogP contribution in [0.3, 0.4) is 0 Å². The quantitative estimate of drug-likeness (QED) is 0.767. The van der Waals surface area contributed by atoms with E-state index in [9.17, 15) is 0 Å². The Morgan fingerprint density at radius 1 is 1.62 bits per heavy atom. The highest BCUT2D eigenvalue weighted by Crippen LogP contribution is 2.25. The van der Waals surface area contributed by atoms with Gasteiger partial charge in [0.25, 0.3) is 0 Å². The van der Waals surface area contributed by atoms with Gasteiger partial charge in [-0.3, -0.25) is 0 Å². The van der Waals surface area contributed by atoms with E-state index in [1.54, 1.807) is 13.2 Å². The zero-order valence-electron chi connectivity index (χ0n) is 6.72. The molecular weight excluding hydrogens is 192 g/mol. The Bertz CT molecular complexity index is 410. The number of ether oxygens (including phenoxy) is 1. The molecule has 0 aliphatic rings. The number of nitrogens with zero attached hydrogens (tertiary/aromatic N) is 3. The number of hydrogen-bond donors (Lipinski definition) is 1. The van der Waals surface area contributed by atoms with Crippen LogP contribution in [0.2, 0.25) is 0 Å². The third-order valence-corrected chi connectivity index (χ3v) is 2.13. The summed E-state index contributed by atoms with van der Waals surface area (Å²) in [5, 5.41) is 3.64. The molecule has 0 atom stereocenters. The molecule has 2 N–H and O–H groups in total. The van der Waals surface area contributed by atoms with Crippen molar-refractivity contribution in [3.63, 3.8) is 0 Å². The zero-order valence-corrected chi connectivity index (χ0v) is 7.54. The van der Waals surface area contributed by atoms with Gasteiger partial charge >= 0.3 is 6.01 Å². The second-order valence-electron chi connectivity index (χ2n) is 2.19. The van der Waals surface area contributed by atoms with E-state index in [0.717, 1.165) is 4.88 Å². The van der Waals surface area contributed by atoms with Gasteiger partial charge in [-0.25, -0.2) is 0 Å². The number of nitrogen functional groups attached to an aromatic ring is 1. The molecule has 0 amide bonds. The lowest BCUT2D eigenvalue weighted by molar-refractivity contribution is 0.402. The van der Waals surface area contributed by atoms with Gasteiger partial charge in [-0.05, 0) is 11.5 Å². The van der Waals surface area contributed by atoms with Crippen LogP contribution in [0, 0.1) is 0 Å². The topological polar surface area (TPSA) is 87.1 Å². The minimum Gasteiger partial charge on any atom is -0.480 e. The van der Waals surface area contributed by atoms with Crippen LogP contribution in [0.25, 0.3) is 10.7 Å². The molecule has 13 heavy (non-hydrogen) atoms. The van der Waals surface area contributed by atoms with Gasteiger partial charge in [-0.2, -0.15) is 9.36 Å². The van der Waals surface area contributed by atoms with E-state index in [-0.39, 0.29) is 6.01 Å². The predicted molar refractivity (Wildman–Crippen MR) is 46.4 cm³/mol. The molecule has 0 bridgehead atoms. The van der Waals surface area contributed by atoms with Crippen LogP contribution in [0.15, 0.2) is 10.6 Å². The Morgan fingerprint density at radius 2 is 2.46 bits per heavy atom. The highest BCUT2D eigenvalue weighted by molar-refractivity contribution is 7.09. The summed E-state index contributed by atoms with van der Waals surface area (Å²) in [4.78, 5) is 4.60. The Labute approximate surface area is 77.5 Å². The van der Waals surface area contributed by atoms with Crippen molar-refractivity contribution in [1.29, 1.82) is 0 Å². The first-order valence-corrected chi connectivity index (χ1v) is 4.17. The Hall–Kier alpha value is -1.63. The molecule has 2 heterocycles. The van der Waals surface area contributed by atoms with Crippen molar-refractivity contribution < 1.29 is 9.26 Å². The number of aromatic nitrogens is 3. The van der Waals surface area contributed by atoms with Gasteiger partial charge in [0.1, 0.15) is 0 Å². The molecular formula is C6H6N4O2S. The smallest absolute Gasteiger partial charge is 0.319 e. The minimum atomic E-state index is 0.0439. The van der Waals surface area contributed by atoms with Gasteiger partial charge in [0.2, 0.25) is 11.7 Å². The lowest BCUT2D eigenvalue weighted by atomic mass is 10.5. The van der Waals surface area contributed by atoms with Crippen molar-refractivity contribution in [1.82, 2.24) is 14.5 Å². The SMILES string of the molecule is COc1cc(-c2noc(N)n2)sn1. The minimum absolute atomic E-state index is 0.0439. The van der Waals surface area contributed by atoms with Crippen LogP contribution in [0.1, 0.15) is 0 Å². The maximum atomic E-state index is 5.27. The van der Waals surface area contributed by atoms with Crippen molar-refractivity contribution >= 4 is 17.5 Å². The first-order chi connectivity index (χ1) is 6.29. The molecule has 0 unspecified atom stereocenters. The third kappa shape index (κ3) is 1.45. The number of methoxy groups -OCH3 is 1. The largest absolute Gasteiger partial charge is 0.480 e. The van der Waals surface area contributed by atoms with E-state index in [4.69, 9.17) is 10.5 Å². The van der Waals surface area contributed by atoms with Crippen LogP contribution in [0.5, 0.6) is 5.88 Å². The van der Waals surface area contributed by atoms with Gasteiger partial charge in [0.15, 0.2) is 0 Å². The average molecular weight is 198 g/mol. The summed E-state index contributed by atoms with van der Waals surface area (Å²) in [6, 6.07) is 1.76. The molecule has 7 heteroatoms. The van der Waals surface area contributed by atoms with E-state index >= 15 is 0 Å². The van der Waals surface area contributed by atoms with Crippen LogP contribution < -0.4 is 10.5 Å². The summed E-state index contributed by atoms with van der Waals surface area (Å²) in [5.74, 6) is 0.960. The summed E-state index contributed by atoms with van der Waals surface area (Å²) in [5.41, 5.74) is 5.27. The normalized spacial score (nSPS) is 10.2. The van der Waals surface area contributed by atoms with Gasteiger partial charge in [0, 0.05) is 6.07 Å². The fraction of sp³-hybridized carbons (Fsp3) is 0.167. The van der Waals surface area contributed by atoms with Crippen molar-refractivity contribution in [2.24, 2.45) is 0 Å². The lowest BCUT2D eigenvalue weighted by Crippen LogP contribution is -1.82. The molecule has 0 radical (unpaired) electrons. The standard InChI is InChI=1S/C6H6N4O2S/c1-11-4-2-3(13-10-4)5-8-6(7)12-9-5/h2H,1H3,(H2,7,8,9). The second kappa shape index (κ2) is 3.02. The average Bonchev–Trinajstić information content (AvgIpc) is 2.71. The molecule has 2 aromatic heterocycles. The zero-order chi connectivity index (χ0) is 9.26. The van der Waals surface area contributed by atoms with E-state index in [2.05, 4.69) is 19.0 Å². The molecule has 6 nitrogen and oxygen atoms in total. The number of anilines is 1. The summed E-state index contributed by atoms with van der Waals surface area (Å²) in [6.07, 6.45) is 0. The highest BCUT2D eigenvalue weighted by atomic mass is 32.1. The van der Waals surface area contributed by atoms with Crippen LogP contribution in [0.4, 0.5) is 6.01 Å². The Balaban J connectivity index is 2.35. The van der Waals surface area contributed by atoms with E-state index in [0.29, 0.717) is 11.7 Å². The molecule has 0 fully saturated rings. The molecule has 0 saturated heterocycles. The summed E-state index contributed by atoms with van der Waals surface area (Å²) in [6.45, 7) is 0.